The number of nitrogens with zero attached hydrogens (tertiary/aromatic N) is 6. The highest BCUT2D eigenvalue weighted by atomic mass is 19.1. The maximum atomic E-state index is 14.5. The zero-order valence-electron chi connectivity index (χ0n) is 20.3. The molecule has 1 aromatic carbocycles. The smallest absolute Gasteiger partial charge is 0.162 e. The normalized spacial score (nSPS) is 22.6. The molecular formula is C27H26F2N6O. The summed E-state index contributed by atoms with van der Waals surface area (Å²) in [6.07, 6.45) is 6.50. The van der Waals surface area contributed by atoms with Crippen molar-refractivity contribution in [2.75, 3.05) is 0 Å². The summed E-state index contributed by atoms with van der Waals surface area (Å²) in [6, 6.07) is 7.54. The summed E-state index contributed by atoms with van der Waals surface area (Å²) >= 11 is 0. The van der Waals surface area contributed by atoms with Crippen LogP contribution in [-0.4, -0.2) is 41.2 Å². The van der Waals surface area contributed by atoms with Crippen LogP contribution in [0.1, 0.15) is 56.5 Å². The molecule has 3 heterocycles. The highest BCUT2D eigenvalue weighted by Gasteiger charge is 2.65. The van der Waals surface area contributed by atoms with Crippen LogP contribution in [0, 0.1) is 17.0 Å². The van der Waals surface area contributed by atoms with Crippen LogP contribution in [0.25, 0.3) is 22.6 Å². The van der Waals surface area contributed by atoms with E-state index in [0.29, 0.717) is 12.4 Å². The number of hydrogen-bond acceptors (Lipinski definition) is 6. The van der Waals surface area contributed by atoms with E-state index in [9.17, 15) is 13.9 Å². The molecule has 3 atom stereocenters. The summed E-state index contributed by atoms with van der Waals surface area (Å²) in [5.41, 5.74) is 2.72. The molecule has 0 unspecified atom stereocenters. The van der Waals surface area contributed by atoms with E-state index in [-0.39, 0.29) is 22.6 Å². The molecule has 0 saturated heterocycles. The highest BCUT2D eigenvalue weighted by molar-refractivity contribution is 5.64. The highest BCUT2D eigenvalue weighted by Crippen LogP contribution is 2.69. The van der Waals surface area contributed by atoms with Gasteiger partial charge in [-0.2, -0.15) is 10.2 Å². The van der Waals surface area contributed by atoms with Crippen molar-refractivity contribution in [1.82, 2.24) is 29.9 Å². The summed E-state index contributed by atoms with van der Waals surface area (Å²) < 4.78 is 30.7. The molecule has 9 heteroatoms. The number of hydrogen-bond donors (Lipinski definition) is 1. The molecule has 0 spiro atoms. The summed E-state index contributed by atoms with van der Waals surface area (Å²) in [7, 11) is 0. The predicted molar refractivity (Wildman–Crippen MR) is 129 cm³/mol. The van der Waals surface area contributed by atoms with Gasteiger partial charge in [0.15, 0.2) is 5.82 Å². The third-order valence-electron chi connectivity index (χ3n) is 8.04. The molecular weight excluding hydrogens is 462 g/mol. The molecule has 6 rings (SSSR count). The van der Waals surface area contributed by atoms with Gasteiger partial charge in [-0.15, -0.1) is 5.10 Å². The minimum absolute atomic E-state index is 0.152. The molecule has 4 aromatic rings. The first-order valence-corrected chi connectivity index (χ1v) is 12.1. The molecule has 1 saturated carbocycles. The molecule has 184 valence electrons. The Morgan fingerprint density at radius 1 is 1.17 bits per heavy atom. The van der Waals surface area contributed by atoms with E-state index >= 15 is 0 Å². The summed E-state index contributed by atoms with van der Waals surface area (Å²) in [4.78, 5) is 9.46. The first kappa shape index (κ1) is 22.8. The summed E-state index contributed by atoms with van der Waals surface area (Å²) in [6.45, 7) is 6.50. The van der Waals surface area contributed by atoms with Gasteiger partial charge in [0.2, 0.25) is 0 Å². The van der Waals surface area contributed by atoms with Crippen molar-refractivity contribution in [3.8, 4) is 22.6 Å². The Balaban J connectivity index is 1.46. The van der Waals surface area contributed by atoms with Crippen LogP contribution >= 0.6 is 0 Å². The van der Waals surface area contributed by atoms with E-state index in [1.54, 1.807) is 30.1 Å². The van der Waals surface area contributed by atoms with Gasteiger partial charge in [-0.05, 0) is 60.9 Å². The van der Waals surface area contributed by atoms with E-state index in [2.05, 4.69) is 34.1 Å². The van der Waals surface area contributed by atoms with Gasteiger partial charge in [-0.3, -0.25) is 4.68 Å². The Morgan fingerprint density at radius 3 is 2.69 bits per heavy atom. The van der Waals surface area contributed by atoms with Gasteiger partial charge in [-0.25, -0.2) is 18.7 Å². The lowest BCUT2D eigenvalue weighted by molar-refractivity contribution is 0.168. The Labute approximate surface area is 207 Å². The maximum Gasteiger partial charge on any atom is 0.162 e. The van der Waals surface area contributed by atoms with Crippen LogP contribution in [0.15, 0.2) is 48.9 Å². The van der Waals surface area contributed by atoms with Crippen LogP contribution in [0.4, 0.5) is 8.78 Å². The molecule has 3 aromatic heterocycles. The first-order chi connectivity index (χ1) is 17.2. The van der Waals surface area contributed by atoms with Crippen molar-refractivity contribution < 1.29 is 13.9 Å². The molecule has 36 heavy (non-hydrogen) atoms. The molecule has 1 N–H and O–H groups in total. The lowest BCUT2D eigenvalue weighted by Gasteiger charge is -2.37. The second-order valence-electron chi connectivity index (χ2n) is 10.4. The zero-order valence-corrected chi connectivity index (χ0v) is 20.3. The van der Waals surface area contributed by atoms with Crippen LogP contribution in [-0.2, 0) is 12.0 Å². The van der Waals surface area contributed by atoms with Gasteiger partial charge in [0.25, 0.3) is 0 Å². The van der Waals surface area contributed by atoms with Crippen LogP contribution in [0.2, 0.25) is 0 Å². The van der Waals surface area contributed by atoms with E-state index in [0.717, 1.165) is 35.4 Å². The molecule has 1 fully saturated rings. The maximum absolute atomic E-state index is 14.5. The Kier molecular flexibility index (Phi) is 5.05. The Morgan fingerprint density at radius 2 is 1.94 bits per heavy atom. The first-order valence-electron chi connectivity index (χ1n) is 12.1. The van der Waals surface area contributed by atoms with Crippen molar-refractivity contribution in [2.45, 2.75) is 57.6 Å². The van der Waals surface area contributed by atoms with E-state index < -0.39 is 23.2 Å². The van der Waals surface area contributed by atoms with Crippen LogP contribution < -0.4 is 0 Å². The lowest BCUT2D eigenvalue weighted by atomic mass is 9.66. The second-order valence-corrected chi connectivity index (χ2v) is 10.4. The molecule has 0 radical (unpaired) electrons. The monoisotopic (exact) mass is 488 g/mol. The van der Waals surface area contributed by atoms with Gasteiger partial charge < -0.3 is 5.11 Å². The fraction of sp³-hybridized carbons (Fsp3) is 0.370. The number of rotatable bonds is 5. The van der Waals surface area contributed by atoms with Crippen molar-refractivity contribution in [3.05, 3.63) is 77.5 Å². The number of benzene rings is 1. The van der Waals surface area contributed by atoms with E-state index in [1.165, 1.54) is 18.2 Å². The van der Waals surface area contributed by atoms with E-state index in [1.807, 2.05) is 12.3 Å². The van der Waals surface area contributed by atoms with Gasteiger partial charge in [0.05, 0.1) is 52.5 Å². The van der Waals surface area contributed by atoms with Crippen molar-refractivity contribution in [3.63, 3.8) is 0 Å². The third kappa shape index (κ3) is 3.15. The molecule has 0 amide bonds. The van der Waals surface area contributed by atoms with Crippen LogP contribution in [0.5, 0.6) is 0 Å². The van der Waals surface area contributed by atoms with Gasteiger partial charge in [-0.1, -0.05) is 19.9 Å². The number of fused-ring (bicyclic) bond motifs is 5. The predicted octanol–water partition coefficient (Wildman–Crippen LogP) is 4.66. The van der Waals surface area contributed by atoms with E-state index in [4.69, 9.17) is 4.98 Å². The summed E-state index contributed by atoms with van der Waals surface area (Å²) in [5.74, 6) is -0.607. The minimum atomic E-state index is -0.655. The Hall–Kier alpha value is -3.59. The molecule has 2 bridgehead atoms. The average molecular weight is 489 g/mol. The van der Waals surface area contributed by atoms with Crippen LogP contribution in [0.3, 0.4) is 0 Å². The topological polar surface area (TPSA) is 89.6 Å². The van der Waals surface area contributed by atoms with Crippen molar-refractivity contribution >= 4 is 0 Å². The SMILES string of the molecule is C[C@@H](O)Cn1cc(-c2nccc([C@]34CC[C@@H](c5cc(-c6c(F)cccc6F)nnc53)C4(C)C)n2)cn1. The van der Waals surface area contributed by atoms with Gasteiger partial charge in [0, 0.05) is 12.4 Å². The number of aliphatic hydroxyl groups is 1. The fourth-order valence-electron chi connectivity index (χ4n) is 6.34. The third-order valence-corrected chi connectivity index (χ3v) is 8.04. The number of halogens is 2. The fourth-order valence-corrected chi connectivity index (χ4v) is 6.34. The molecule has 0 aliphatic heterocycles. The quantitative estimate of drug-likeness (QED) is 0.440. The van der Waals surface area contributed by atoms with Gasteiger partial charge >= 0.3 is 0 Å². The van der Waals surface area contributed by atoms with Crippen molar-refractivity contribution in [1.29, 1.82) is 0 Å². The molecule has 2 aliphatic carbocycles. The number of aromatic nitrogens is 6. The average Bonchev–Trinajstić information content (AvgIpc) is 3.46. The van der Waals surface area contributed by atoms with Crippen molar-refractivity contribution in [2.24, 2.45) is 5.41 Å². The van der Waals surface area contributed by atoms with Gasteiger partial charge in [0.1, 0.15) is 11.6 Å². The lowest BCUT2D eigenvalue weighted by Crippen LogP contribution is -2.38. The molecule has 7 nitrogen and oxygen atoms in total. The summed E-state index contributed by atoms with van der Waals surface area (Å²) in [5, 5.41) is 22.9. The largest absolute Gasteiger partial charge is 0.391 e. The Bertz CT molecular complexity index is 1460. The number of aliphatic hydroxyl groups excluding tert-OH is 1. The minimum Gasteiger partial charge on any atom is -0.391 e. The molecule has 2 aliphatic rings. The zero-order chi connectivity index (χ0) is 25.2. The standard InChI is InChI=1S/C27H26F2N6O/c1-15(36)13-35-14-16(12-31-35)25-30-10-8-22(32-25)27-9-7-18(26(27,2)3)17-11-21(33-34-24(17)27)23-19(28)5-4-6-20(23)29/h4-6,8,10-12,14-15,18,36H,7,9,13H2,1-3H3/t15-,18+,27-/m1/s1. The second kappa shape index (κ2) is 7.96.